The molecule has 0 aliphatic carbocycles. The minimum atomic E-state index is -1.24. The van der Waals surface area contributed by atoms with Crippen molar-refractivity contribution in [3.63, 3.8) is 0 Å². The van der Waals surface area contributed by atoms with E-state index in [0.29, 0.717) is 0 Å². The van der Waals surface area contributed by atoms with Crippen LogP contribution in [-0.2, 0) is 0 Å². The summed E-state index contributed by atoms with van der Waals surface area (Å²) in [6, 6.07) is 8.02. The summed E-state index contributed by atoms with van der Waals surface area (Å²) >= 11 is 0. The third-order valence-electron chi connectivity index (χ3n) is 2.46. The first kappa shape index (κ1) is 14.0. The number of hydrogen-bond donors (Lipinski definition) is 1. The fraction of sp³-hybridized carbons (Fsp3) is 0. The number of nitro groups is 1. The summed E-state index contributed by atoms with van der Waals surface area (Å²) in [5.41, 5.74) is -0.512. The highest BCUT2D eigenvalue weighted by atomic mass is 16.6. The van der Waals surface area contributed by atoms with Crippen LogP contribution in [0.2, 0.25) is 0 Å². The van der Waals surface area contributed by atoms with Crippen LogP contribution in [0.4, 0.5) is 5.69 Å². The number of carboxylic acids is 1. The van der Waals surface area contributed by atoms with E-state index in [9.17, 15) is 14.9 Å². The van der Waals surface area contributed by atoms with Gasteiger partial charge >= 0.3 is 11.7 Å². The molecule has 1 N–H and O–H groups in total. The van der Waals surface area contributed by atoms with Crippen molar-refractivity contribution in [3.05, 3.63) is 57.9 Å². The Morgan fingerprint density at radius 1 is 1.38 bits per heavy atom. The predicted molar refractivity (Wildman–Crippen MR) is 69.1 cm³/mol. The molecule has 8 nitrogen and oxygen atoms in total. The smallest absolute Gasteiger partial charge is 0.354 e. The SMILES string of the molecule is N#Cc1ccc(Oc2ccnc(C(=O)O)c2)c([N+](=O)[O-])c1. The fourth-order valence-electron chi connectivity index (χ4n) is 1.53. The molecule has 0 spiro atoms. The van der Waals surface area contributed by atoms with Crippen molar-refractivity contribution < 1.29 is 19.6 Å². The van der Waals surface area contributed by atoms with Gasteiger partial charge in [0.2, 0.25) is 5.75 Å². The molecule has 21 heavy (non-hydrogen) atoms. The highest BCUT2D eigenvalue weighted by molar-refractivity contribution is 5.85. The highest BCUT2D eigenvalue weighted by Gasteiger charge is 2.17. The number of carbonyl (C=O) groups is 1. The van der Waals surface area contributed by atoms with E-state index in [4.69, 9.17) is 15.1 Å². The Hall–Kier alpha value is -3.47. The summed E-state index contributed by atoms with van der Waals surface area (Å²) in [6.07, 6.45) is 1.22. The Morgan fingerprint density at radius 2 is 2.14 bits per heavy atom. The molecule has 0 radical (unpaired) electrons. The van der Waals surface area contributed by atoms with Crippen LogP contribution in [-0.4, -0.2) is 21.0 Å². The molecular formula is C13H7N3O5. The number of aromatic nitrogens is 1. The van der Waals surface area contributed by atoms with Crippen molar-refractivity contribution in [2.45, 2.75) is 0 Å². The van der Waals surface area contributed by atoms with Gasteiger partial charge in [-0.25, -0.2) is 9.78 Å². The number of nitro benzene ring substituents is 1. The predicted octanol–water partition coefficient (Wildman–Crippen LogP) is 2.35. The normalized spacial score (nSPS) is 9.67. The molecule has 104 valence electrons. The molecule has 0 saturated carbocycles. The van der Waals surface area contributed by atoms with Crippen molar-refractivity contribution >= 4 is 11.7 Å². The van der Waals surface area contributed by atoms with Crippen LogP contribution in [0, 0.1) is 21.4 Å². The molecule has 2 aromatic rings. The first-order valence-electron chi connectivity index (χ1n) is 5.57. The molecule has 1 aromatic carbocycles. The molecule has 2 rings (SSSR count). The van der Waals surface area contributed by atoms with E-state index >= 15 is 0 Å². The third kappa shape index (κ3) is 3.10. The van der Waals surface area contributed by atoms with Crippen LogP contribution in [0.1, 0.15) is 16.1 Å². The lowest BCUT2D eigenvalue weighted by Crippen LogP contribution is -2.00. The Kier molecular flexibility index (Phi) is 3.76. The van der Waals surface area contributed by atoms with E-state index in [0.717, 1.165) is 12.1 Å². The molecule has 0 bridgehead atoms. The maximum Gasteiger partial charge on any atom is 0.354 e. The molecular weight excluding hydrogens is 278 g/mol. The lowest BCUT2D eigenvalue weighted by molar-refractivity contribution is -0.385. The molecule has 0 aliphatic rings. The van der Waals surface area contributed by atoms with Crippen molar-refractivity contribution in [1.29, 1.82) is 5.26 Å². The number of carboxylic acid groups (broad SMARTS) is 1. The second kappa shape index (κ2) is 5.66. The Balaban J connectivity index is 2.40. The second-order valence-electron chi connectivity index (χ2n) is 3.84. The monoisotopic (exact) mass is 285 g/mol. The molecule has 0 saturated heterocycles. The minimum absolute atomic E-state index is 0.0928. The highest BCUT2D eigenvalue weighted by Crippen LogP contribution is 2.32. The van der Waals surface area contributed by atoms with Gasteiger partial charge in [-0.15, -0.1) is 0 Å². The van der Waals surface area contributed by atoms with Crippen LogP contribution >= 0.6 is 0 Å². The largest absolute Gasteiger partial charge is 0.477 e. The van der Waals surface area contributed by atoms with Crippen LogP contribution < -0.4 is 4.74 Å². The molecule has 0 atom stereocenters. The number of nitriles is 1. The molecule has 0 fully saturated rings. The summed E-state index contributed by atoms with van der Waals surface area (Å²) in [6.45, 7) is 0. The van der Waals surface area contributed by atoms with Crippen molar-refractivity contribution in [3.8, 4) is 17.6 Å². The quantitative estimate of drug-likeness (QED) is 0.674. The van der Waals surface area contributed by atoms with Gasteiger partial charge in [0.15, 0.2) is 5.69 Å². The summed E-state index contributed by atoms with van der Waals surface area (Å²) in [7, 11) is 0. The van der Waals surface area contributed by atoms with Gasteiger partial charge in [-0.05, 0) is 18.2 Å². The third-order valence-corrected chi connectivity index (χ3v) is 2.46. The van der Waals surface area contributed by atoms with Crippen LogP contribution in [0.5, 0.6) is 11.5 Å². The van der Waals surface area contributed by atoms with Gasteiger partial charge < -0.3 is 9.84 Å². The van der Waals surface area contributed by atoms with Crippen molar-refractivity contribution in [2.75, 3.05) is 0 Å². The number of ether oxygens (including phenoxy) is 1. The summed E-state index contributed by atoms with van der Waals surface area (Å²) in [5.74, 6) is -1.24. The van der Waals surface area contributed by atoms with Gasteiger partial charge in [-0.2, -0.15) is 5.26 Å². The molecule has 0 unspecified atom stereocenters. The number of pyridine rings is 1. The molecule has 8 heteroatoms. The maximum atomic E-state index is 11.0. The van der Waals surface area contributed by atoms with Gasteiger partial charge in [0.1, 0.15) is 5.75 Å². The summed E-state index contributed by atoms with van der Waals surface area (Å²) < 4.78 is 5.31. The first-order chi connectivity index (χ1) is 10.0. The first-order valence-corrected chi connectivity index (χ1v) is 5.57. The lowest BCUT2D eigenvalue weighted by atomic mass is 10.2. The lowest BCUT2D eigenvalue weighted by Gasteiger charge is -2.06. The summed E-state index contributed by atoms with van der Waals surface area (Å²) in [4.78, 5) is 24.7. The summed E-state index contributed by atoms with van der Waals surface area (Å²) in [5, 5.41) is 28.5. The van der Waals surface area contributed by atoms with Crippen LogP contribution in [0.15, 0.2) is 36.5 Å². The Bertz CT molecular complexity index is 767. The van der Waals surface area contributed by atoms with Crippen LogP contribution in [0.25, 0.3) is 0 Å². The molecule has 0 aliphatic heterocycles. The second-order valence-corrected chi connectivity index (χ2v) is 3.84. The van der Waals surface area contributed by atoms with Gasteiger partial charge in [0.25, 0.3) is 0 Å². The van der Waals surface area contributed by atoms with Crippen LogP contribution in [0.3, 0.4) is 0 Å². The van der Waals surface area contributed by atoms with Gasteiger partial charge in [-0.3, -0.25) is 10.1 Å². The number of nitrogens with zero attached hydrogens (tertiary/aromatic N) is 3. The number of rotatable bonds is 4. The van der Waals surface area contributed by atoms with E-state index < -0.39 is 10.9 Å². The zero-order valence-corrected chi connectivity index (χ0v) is 10.4. The van der Waals surface area contributed by atoms with E-state index in [2.05, 4.69) is 4.98 Å². The maximum absolute atomic E-state index is 11.0. The van der Waals surface area contributed by atoms with E-state index in [1.807, 2.05) is 0 Å². The van der Waals surface area contributed by atoms with Crippen molar-refractivity contribution in [1.82, 2.24) is 4.98 Å². The Morgan fingerprint density at radius 3 is 2.76 bits per heavy atom. The van der Waals surface area contributed by atoms with Gasteiger partial charge in [0.05, 0.1) is 16.6 Å². The van der Waals surface area contributed by atoms with E-state index in [1.165, 1.54) is 24.4 Å². The number of hydrogen-bond acceptors (Lipinski definition) is 6. The topological polar surface area (TPSA) is 126 Å². The minimum Gasteiger partial charge on any atom is -0.477 e. The average Bonchev–Trinajstić information content (AvgIpc) is 2.47. The van der Waals surface area contributed by atoms with Gasteiger partial charge in [-0.1, -0.05) is 0 Å². The van der Waals surface area contributed by atoms with E-state index in [1.54, 1.807) is 6.07 Å². The standard InChI is InChI=1S/C13H7N3O5/c14-7-8-1-2-12(11(5-8)16(19)20)21-9-3-4-15-10(6-9)13(17)18/h1-6H,(H,17,18). The average molecular weight is 285 g/mol. The van der Waals surface area contributed by atoms with E-state index in [-0.39, 0.29) is 28.4 Å². The van der Waals surface area contributed by atoms with Gasteiger partial charge in [0, 0.05) is 18.3 Å². The Labute approximate surface area is 118 Å². The number of benzene rings is 1. The molecule has 0 amide bonds. The fourth-order valence-corrected chi connectivity index (χ4v) is 1.53. The zero-order chi connectivity index (χ0) is 15.4. The van der Waals surface area contributed by atoms with Crippen molar-refractivity contribution in [2.24, 2.45) is 0 Å². The zero-order valence-electron chi connectivity index (χ0n) is 10.4. The molecule has 1 heterocycles. The molecule has 1 aromatic heterocycles. The number of aromatic carboxylic acids is 1.